The largest absolute Gasteiger partial charge is 0.419 e. The molecule has 6 heteroatoms. The maximum Gasteiger partial charge on any atom is 0.419 e. The molecule has 0 aromatic heterocycles. The molecular weight excluding hydrogens is 252 g/mol. The van der Waals surface area contributed by atoms with E-state index < -0.39 is 23.2 Å². The van der Waals surface area contributed by atoms with E-state index in [0.717, 1.165) is 12.1 Å². The van der Waals surface area contributed by atoms with Crippen LogP contribution in [0.3, 0.4) is 0 Å². The molecule has 1 aliphatic rings. The number of hydrogen-bond donors (Lipinski definition) is 1. The highest BCUT2D eigenvalue weighted by Crippen LogP contribution is 2.43. The van der Waals surface area contributed by atoms with Crippen LogP contribution < -0.4 is 0 Å². The van der Waals surface area contributed by atoms with Crippen LogP contribution >= 0.6 is 0 Å². The lowest BCUT2D eigenvalue weighted by atomic mass is 9.72. The van der Waals surface area contributed by atoms with Crippen LogP contribution in [0.5, 0.6) is 0 Å². The molecule has 2 rings (SSSR count). The molecule has 1 aliphatic carbocycles. The van der Waals surface area contributed by atoms with E-state index in [2.05, 4.69) is 0 Å². The molecule has 0 spiro atoms. The van der Waals surface area contributed by atoms with Crippen LogP contribution in [0.2, 0.25) is 0 Å². The van der Waals surface area contributed by atoms with Crippen molar-refractivity contribution in [1.82, 2.24) is 0 Å². The first kappa shape index (κ1) is 13.3. The van der Waals surface area contributed by atoms with Gasteiger partial charge in [0.15, 0.2) is 0 Å². The van der Waals surface area contributed by atoms with Crippen molar-refractivity contribution in [2.45, 2.75) is 30.7 Å². The first-order valence-electron chi connectivity index (χ1n) is 5.39. The molecule has 0 atom stereocenters. The smallest absolute Gasteiger partial charge is 0.385 e. The van der Waals surface area contributed by atoms with Gasteiger partial charge in [-0.15, -0.1) is 0 Å². The van der Waals surface area contributed by atoms with Gasteiger partial charge in [0, 0.05) is 20.0 Å². The number of benzene rings is 1. The van der Waals surface area contributed by atoms with Crippen LogP contribution in [0.25, 0.3) is 0 Å². The summed E-state index contributed by atoms with van der Waals surface area (Å²) in [6.07, 6.45) is -4.34. The summed E-state index contributed by atoms with van der Waals surface area (Å²) in [5, 5.41) is 10.1. The Balaban J connectivity index is 2.25. The summed E-state index contributed by atoms with van der Waals surface area (Å²) >= 11 is 0. The number of alkyl halides is 3. The van der Waals surface area contributed by atoms with Crippen LogP contribution in [0.4, 0.5) is 17.6 Å². The van der Waals surface area contributed by atoms with Crippen molar-refractivity contribution in [2.75, 3.05) is 7.11 Å². The molecule has 2 nitrogen and oxygen atoms in total. The van der Waals surface area contributed by atoms with Gasteiger partial charge in [0.1, 0.15) is 5.82 Å². The standard InChI is InChI=1S/C12H12F4O2/c1-18-8-5-11(17,6-8)7-2-3-9(10(13)4-7)12(14,15)16/h2-4,8,17H,5-6H2,1H3. The van der Waals surface area contributed by atoms with Gasteiger partial charge in [-0.1, -0.05) is 6.07 Å². The molecule has 1 saturated carbocycles. The minimum Gasteiger partial charge on any atom is -0.385 e. The molecular formula is C12H12F4O2. The van der Waals surface area contributed by atoms with Crippen molar-refractivity contribution in [3.05, 3.63) is 35.1 Å². The quantitative estimate of drug-likeness (QED) is 0.832. The molecule has 100 valence electrons. The molecule has 1 aromatic carbocycles. The molecule has 0 aliphatic heterocycles. The lowest BCUT2D eigenvalue weighted by Gasteiger charge is -2.43. The van der Waals surface area contributed by atoms with Gasteiger partial charge in [-0.2, -0.15) is 13.2 Å². The molecule has 0 radical (unpaired) electrons. The summed E-state index contributed by atoms with van der Waals surface area (Å²) in [6.45, 7) is 0. The number of halogens is 4. The van der Waals surface area contributed by atoms with Crippen molar-refractivity contribution in [3.63, 3.8) is 0 Å². The minimum atomic E-state index is -4.72. The number of rotatable bonds is 2. The van der Waals surface area contributed by atoms with Crippen molar-refractivity contribution in [3.8, 4) is 0 Å². The zero-order chi connectivity index (χ0) is 13.6. The van der Waals surface area contributed by atoms with E-state index in [0.29, 0.717) is 6.07 Å². The van der Waals surface area contributed by atoms with E-state index >= 15 is 0 Å². The molecule has 1 aromatic rings. The summed E-state index contributed by atoms with van der Waals surface area (Å²) in [4.78, 5) is 0. The third-order valence-corrected chi connectivity index (χ3v) is 3.28. The van der Waals surface area contributed by atoms with Gasteiger partial charge >= 0.3 is 6.18 Å². The van der Waals surface area contributed by atoms with E-state index in [4.69, 9.17) is 4.74 Å². The third kappa shape index (κ3) is 2.22. The average molecular weight is 264 g/mol. The van der Waals surface area contributed by atoms with E-state index in [-0.39, 0.29) is 24.5 Å². The van der Waals surface area contributed by atoms with Crippen LogP contribution in [0.1, 0.15) is 24.0 Å². The SMILES string of the molecule is COC1CC(O)(c2ccc(C(F)(F)F)c(F)c2)C1. The van der Waals surface area contributed by atoms with E-state index in [9.17, 15) is 22.7 Å². The first-order chi connectivity index (χ1) is 8.26. The molecule has 0 saturated heterocycles. The summed E-state index contributed by atoms with van der Waals surface area (Å²) in [5.41, 5.74) is -2.45. The van der Waals surface area contributed by atoms with Crippen molar-refractivity contribution >= 4 is 0 Å². The van der Waals surface area contributed by atoms with Crippen molar-refractivity contribution in [2.24, 2.45) is 0 Å². The highest BCUT2D eigenvalue weighted by atomic mass is 19.4. The lowest BCUT2D eigenvalue weighted by molar-refractivity contribution is -0.141. The fraction of sp³-hybridized carbons (Fsp3) is 0.500. The highest BCUT2D eigenvalue weighted by molar-refractivity contribution is 5.32. The van der Waals surface area contributed by atoms with Gasteiger partial charge in [0.05, 0.1) is 17.3 Å². The Morgan fingerprint density at radius 2 is 1.94 bits per heavy atom. The van der Waals surface area contributed by atoms with Crippen molar-refractivity contribution in [1.29, 1.82) is 0 Å². The zero-order valence-corrected chi connectivity index (χ0v) is 9.59. The molecule has 0 unspecified atom stereocenters. The summed E-state index contributed by atoms with van der Waals surface area (Å²) in [7, 11) is 1.48. The Morgan fingerprint density at radius 1 is 1.33 bits per heavy atom. The van der Waals surface area contributed by atoms with E-state index in [1.54, 1.807) is 0 Å². The summed E-state index contributed by atoms with van der Waals surface area (Å²) < 4.78 is 55.4. The Labute approximate surface area is 101 Å². The predicted octanol–water partition coefficient (Wildman–Crippen LogP) is 2.84. The Bertz CT molecular complexity index is 450. The maximum atomic E-state index is 13.4. The Hall–Kier alpha value is -1.14. The second-order valence-corrected chi connectivity index (χ2v) is 4.49. The summed E-state index contributed by atoms with van der Waals surface area (Å²) in [6, 6.07) is 2.51. The normalized spacial score (nSPS) is 28.0. The second-order valence-electron chi connectivity index (χ2n) is 4.49. The van der Waals surface area contributed by atoms with Gasteiger partial charge in [-0.3, -0.25) is 0 Å². The van der Waals surface area contributed by atoms with Gasteiger partial charge in [-0.25, -0.2) is 4.39 Å². The fourth-order valence-corrected chi connectivity index (χ4v) is 2.13. The molecule has 0 amide bonds. The zero-order valence-electron chi connectivity index (χ0n) is 9.59. The van der Waals surface area contributed by atoms with Gasteiger partial charge in [0.2, 0.25) is 0 Å². The average Bonchev–Trinajstić information content (AvgIpc) is 2.22. The van der Waals surface area contributed by atoms with E-state index in [1.165, 1.54) is 7.11 Å². The molecule has 18 heavy (non-hydrogen) atoms. The fourth-order valence-electron chi connectivity index (χ4n) is 2.13. The topological polar surface area (TPSA) is 29.5 Å². The summed E-state index contributed by atoms with van der Waals surface area (Å²) in [5.74, 6) is -1.37. The number of hydrogen-bond acceptors (Lipinski definition) is 2. The third-order valence-electron chi connectivity index (χ3n) is 3.28. The Morgan fingerprint density at radius 3 is 2.39 bits per heavy atom. The molecule has 1 N–H and O–H groups in total. The number of ether oxygens (including phenoxy) is 1. The first-order valence-corrected chi connectivity index (χ1v) is 5.39. The maximum absolute atomic E-state index is 13.4. The van der Waals surface area contributed by atoms with Gasteiger partial charge in [0.25, 0.3) is 0 Å². The van der Waals surface area contributed by atoms with E-state index in [1.807, 2.05) is 0 Å². The second kappa shape index (κ2) is 4.20. The monoisotopic (exact) mass is 264 g/mol. The molecule has 0 bridgehead atoms. The van der Waals surface area contributed by atoms with Crippen LogP contribution in [0, 0.1) is 5.82 Å². The molecule has 1 fully saturated rings. The van der Waals surface area contributed by atoms with Gasteiger partial charge < -0.3 is 9.84 Å². The predicted molar refractivity (Wildman–Crippen MR) is 55.3 cm³/mol. The lowest BCUT2D eigenvalue weighted by Crippen LogP contribution is -2.45. The number of aliphatic hydroxyl groups is 1. The van der Waals surface area contributed by atoms with Crippen LogP contribution in [-0.4, -0.2) is 18.3 Å². The number of methoxy groups -OCH3 is 1. The van der Waals surface area contributed by atoms with Crippen LogP contribution in [-0.2, 0) is 16.5 Å². The Kier molecular flexibility index (Phi) is 3.11. The molecule has 0 heterocycles. The van der Waals surface area contributed by atoms with Gasteiger partial charge in [-0.05, 0) is 17.7 Å². The minimum absolute atomic E-state index is 0.139. The highest BCUT2D eigenvalue weighted by Gasteiger charge is 2.45. The van der Waals surface area contributed by atoms with Crippen molar-refractivity contribution < 1.29 is 27.4 Å². The van der Waals surface area contributed by atoms with Crippen LogP contribution in [0.15, 0.2) is 18.2 Å².